The van der Waals surface area contributed by atoms with E-state index >= 15 is 0 Å². The fourth-order valence-corrected chi connectivity index (χ4v) is 1.52. The predicted octanol–water partition coefficient (Wildman–Crippen LogP) is -1.93. The van der Waals surface area contributed by atoms with Gasteiger partial charge in [-0.1, -0.05) is 0 Å². The van der Waals surface area contributed by atoms with Gasteiger partial charge < -0.3 is 30.9 Å². The largest absolute Gasteiger partial charge is 0.448 e. The van der Waals surface area contributed by atoms with Crippen LogP contribution in [0.5, 0.6) is 0 Å². The van der Waals surface area contributed by atoms with Crippen molar-refractivity contribution in [1.82, 2.24) is 0 Å². The van der Waals surface area contributed by atoms with Crippen molar-refractivity contribution in [1.29, 1.82) is 0 Å². The molecule has 8 heteroatoms. The van der Waals surface area contributed by atoms with Crippen LogP contribution < -0.4 is 5.73 Å². The maximum Gasteiger partial charge on any atom is 0.338 e. The van der Waals surface area contributed by atoms with Crippen molar-refractivity contribution < 1.29 is 34.8 Å². The number of hydrogen-bond acceptors (Lipinski definition) is 8. The van der Waals surface area contributed by atoms with Crippen LogP contribution in [0, 0.1) is 0 Å². The fraction of sp³-hybridized carbons (Fsp3) is 0.385. The van der Waals surface area contributed by atoms with Gasteiger partial charge in [-0.3, -0.25) is 4.79 Å². The molecule has 0 aliphatic rings. The van der Waals surface area contributed by atoms with Crippen LogP contribution in [0.1, 0.15) is 10.4 Å². The molecule has 1 aromatic rings. The highest BCUT2D eigenvalue weighted by Gasteiger charge is 2.33. The Labute approximate surface area is 120 Å². The van der Waals surface area contributed by atoms with Gasteiger partial charge >= 0.3 is 5.97 Å². The summed E-state index contributed by atoms with van der Waals surface area (Å²) < 4.78 is 4.75. The second kappa shape index (κ2) is 7.70. The zero-order valence-corrected chi connectivity index (χ0v) is 11.0. The number of nitrogen functional groups attached to an aromatic ring is 1. The van der Waals surface area contributed by atoms with Crippen molar-refractivity contribution >= 4 is 17.9 Å². The van der Waals surface area contributed by atoms with E-state index in [0.29, 0.717) is 5.69 Å². The number of nitrogens with two attached hydrogens (primary N) is 1. The van der Waals surface area contributed by atoms with Crippen LogP contribution in [0.15, 0.2) is 24.3 Å². The summed E-state index contributed by atoms with van der Waals surface area (Å²) in [4.78, 5) is 22.6. The number of anilines is 1. The van der Waals surface area contributed by atoms with Crippen LogP contribution in [0.2, 0.25) is 0 Å². The predicted molar refractivity (Wildman–Crippen MR) is 71.2 cm³/mol. The third kappa shape index (κ3) is 4.50. The van der Waals surface area contributed by atoms with E-state index in [9.17, 15) is 24.9 Å². The van der Waals surface area contributed by atoms with Gasteiger partial charge in [-0.25, -0.2) is 4.79 Å². The van der Waals surface area contributed by atoms with E-state index in [1.54, 1.807) is 0 Å². The first-order valence-electron chi connectivity index (χ1n) is 6.07. The summed E-state index contributed by atoms with van der Waals surface area (Å²) in [6, 6.07) is 5.64. The van der Waals surface area contributed by atoms with Gasteiger partial charge in [0.15, 0.2) is 12.4 Å². The standard InChI is InChI=1S/C13H17NO7/c14-8-3-1-7(2-4-8)13(20)21-10(6-16)12(19)11(18)9(17)5-15/h1-4,6,9-12,15,17-19H,5,14H2/t9-,10+,11-,12-/m1/s1. The van der Waals surface area contributed by atoms with E-state index in [0.717, 1.165) is 0 Å². The van der Waals surface area contributed by atoms with Crippen LogP contribution in [0.25, 0.3) is 0 Å². The van der Waals surface area contributed by atoms with Gasteiger partial charge in [0.2, 0.25) is 0 Å². The molecule has 0 aliphatic heterocycles. The fourth-order valence-electron chi connectivity index (χ4n) is 1.52. The molecular formula is C13H17NO7. The molecule has 0 spiro atoms. The minimum absolute atomic E-state index is 0.0976. The van der Waals surface area contributed by atoms with Crippen LogP contribution in [0.4, 0.5) is 5.69 Å². The number of aldehydes is 1. The Morgan fingerprint density at radius 1 is 1.19 bits per heavy atom. The van der Waals surface area contributed by atoms with E-state index in [-0.39, 0.29) is 11.8 Å². The van der Waals surface area contributed by atoms with Gasteiger partial charge in [0.05, 0.1) is 12.2 Å². The number of benzene rings is 1. The molecule has 8 nitrogen and oxygen atoms in total. The number of aliphatic hydroxyl groups is 4. The molecule has 116 valence electrons. The van der Waals surface area contributed by atoms with Crippen molar-refractivity contribution in [3.63, 3.8) is 0 Å². The summed E-state index contributed by atoms with van der Waals surface area (Å²) in [5.41, 5.74) is 5.99. The van der Waals surface area contributed by atoms with Crippen molar-refractivity contribution in [2.75, 3.05) is 12.3 Å². The zero-order valence-electron chi connectivity index (χ0n) is 11.0. The Morgan fingerprint density at radius 2 is 1.76 bits per heavy atom. The minimum Gasteiger partial charge on any atom is -0.448 e. The molecule has 0 aromatic heterocycles. The first-order valence-corrected chi connectivity index (χ1v) is 6.07. The average molecular weight is 299 g/mol. The van der Waals surface area contributed by atoms with E-state index in [1.807, 2.05) is 0 Å². The molecule has 0 aliphatic carbocycles. The smallest absolute Gasteiger partial charge is 0.338 e. The van der Waals surface area contributed by atoms with Gasteiger partial charge in [-0.05, 0) is 24.3 Å². The molecular weight excluding hydrogens is 282 g/mol. The molecule has 0 saturated carbocycles. The molecule has 0 fully saturated rings. The summed E-state index contributed by atoms with van der Waals surface area (Å²) >= 11 is 0. The Kier molecular flexibility index (Phi) is 6.25. The Balaban J connectivity index is 2.75. The van der Waals surface area contributed by atoms with Gasteiger partial charge in [-0.2, -0.15) is 0 Å². The Morgan fingerprint density at radius 3 is 2.24 bits per heavy atom. The molecule has 4 atom stereocenters. The number of aliphatic hydroxyl groups excluding tert-OH is 4. The lowest BCUT2D eigenvalue weighted by Gasteiger charge is -2.25. The van der Waals surface area contributed by atoms with E-state index in [1.165, 1.54) is 24.3 Å². The summed E-state index contributed by atoms with van der Waals surface area (Å²) in [6.45, 7) is -0.824. The van der Waals surface area contributed by atoms with Crippen LogP contribution in [-0.2, 0) is 9.53 Å². The van der Waals surface area contributed by atoms with E-state index < -0.39 is 37.0 Å². The third-order valence-electron chi connectivity index (χ3n) is 2.79. The quantitative estimate of drug-likeness (QED) is 0.222. The first kappa shape index (κ1) is 17.1. The highest BCUT2D eigenvalue weighted by Crippen LogP contribution is 2.11. The lowest BCUT2D eigenvalue weighted by Crippen LogP contribution is -2.48. The van der Waals surface area contributed by atoms with Gasteiger partial charge in [0.25, 0.3) is 0 Å². The molecule has 6 N–H and O–H groups in total. The molecule has 1 rings (SSSR count). The van der Waals surface area contributed by atoms with Gasteiger partial charge in [-0.15, -0.1) is 0 Å². The van der Waals surface area contributed by atoms with Crippen LogP contribution >= 0.6 is 0 Å². The molecule has 0 unspecified atom stereocenters. The monoisotopic (exact) mass is 299 g/mol. The molecule has 0 bridgehead atoms. The van der Waals surface area contributed by atoms with E-state index in [2.05, 4.69) is 0 Å². The second-order valence-corrected chi connectivity index (χ2v) is 4.36. The second-order valence-electron chi connectivity index (χ2n) is 4.36. The Bertz CT molecular complexity index is 476. The van der Waals surface area contributed by atoms with Gasteiger partial charge in [0, 0.05) is 5.69 Å². The van der Waals surface area contributed by atoms with Crippen molar-refractivity contribution in [2.24, 2.45) is 0 Å². The molecule has 0 heterocycles. The highest BCUT2D eigenvalue weighted by atomic mass is 16.6. The number of rotatable bonds is 7. The molecule has 0 saturated heterocycles. The zero-order chi connectivity index (χ0) is 16.0. The van der Waals surface area contributed by atoms with Crippen LogP contribution in [0.3, 0.4) is 0 Å². The number of hydrogen-bond donors (Lipinski definition) is 5. The summed E-state index contributed by atoms with van der Waals surface area (Å²) in [5, 5.41) is 37.0. The maximum atomic E-state index is 11.8. The highest BCUT2D eigenvalue weighted by molar-refractivity contribution is 5.90. The summed E-state index contributed by atoms with van der Waals surface area (Å²) in [7, 11) is 0. The van der Waals surface area contributed by atoms with Crippen molar-refractivity contribution in [3.8, 4) is 0 Å². The third-order valence-corrected chi connectivity index (χ3v) is 2.79. The topological polar surface area (TPSA) is 150 Å². The number of ether oxygens (including phenoxy) is 1. The van der Waals surface area contributed by atoms with Gasteiger partial charge in [0.1, 0.15) is 18.3 Å². The molecule has 0 amide bonds. The first-order chi connectivity index (χ1) is 9.90. The maximum absolute atomic E-state index is 11.8. The van der Waals surface area contributed by atoms with Crippen molar-refractivity contribution in [2.45, 2.75) is 24.4 Å². The number of carbonyl (C=O) groups is 2. The van der Waals surface area contributed by atoms with Crippen LogP contribution in [-0.4, -0.2) is 63.7 Å². The minimum atomic E-state index is -1.87. The molecule has 1 aromatic carbocycles. The summed E-state index contributed by atoms with van der Waals surface area (Å²) in [5.74, 6) is -0.906. The number of carbonyl (C=O) groups excluding carboxylic acids is 2. The van der Waals surface area contributed by atoms with Crippen molar-refractivity contribution in [3.05, 3.63) is 29.8 Å². The lowest BCUT2D eigenvalue weighted by molar-refractivity contribution is -0.138. The number of esters is 1. The average Bonchev–Trinajstić information content (AvgIpc) is 2.50. The molecule has 21 heavy (non-hydrogen) atoms. The lowest BCUT2D eigenvalue weighted by atomic mass is 10.0. The normalized spacial score (nSPS) is 16.6. The summed E-state index contributed by atoms with van der Waals surface area (Å²) in [6.07, 6.45) is -6.96. The Hall–Kier alpha value is -2.00. The van der Waals surface area contributed by atoms with E-state index in [4.69, 9.17) is 15.6 Å². The SMILES string of the molecule is Nc1ccc(C(=O)O[C@@H](C=O)[C@@H](O)[C@H](O)[C@H](O)CO)cc1. The molecule has 0 radical (unpaired) electrons.